The van der Waals surface area contributed by atoms with Crippen molar-refractivity contribution in [2.24, 2.45) is 0 Å². The third kappa shape index (κ3) is 4.99. The molecule has 0 radical (unpaired) electrons. The fourth-order valence-corrected chi connectivity index (χ4v) is 8.82. The molecule has 1 aliphatic carbocycles. The van der Waals surface area contributed by atoms with Crippen molar-refractivity contribution in [2.75, 3.05) is 0 Å². The first-order valence-corrected chi connectivity index (χ1v) is 19.3. The number of furan rings is 1. The van der Waals surface area contributed by atoms with E-state index < -0.39 is 0 Å². The molecule has 1 aliphatic rings. The molecule has 0 atom stereocenters. The number of nitrogens with zero attached hydrogens (tertiary/aromatic N) is 4. The molecular weight excluding hydrogens is 697 g/mol. The second kappa shape index (κ2) is 12.4. The van der Waals surface area contributed by atoms with Crippen LogP contribution in [0.5, 0.6) is 0 Å². The highest BCUT2D eigenvalue weighted by molar-refractivity contribution is 6.25. The topological polar surface area (TPSA) is 56.7 Å². The van der Waals surface area contributed by atoms with E-state index in [0.717, 1.165) is 83.7 Å². The van der Waals surface area contributed by atoms with Crippen molar-refractivity contribution in [3.8, 4) is 62.1 Å². The molecule has 3 aromatic heterocycles. The van der Waals surface area contributed by atoms with Crippen LogP contribution in [0.3, 0.4) is 0 Å². The minimum atomic E-state index is 0.629. The van der Waals surface area contributed by atoms with Gasteiger partial charge in [0.2, 0.25) is 0 Å². The van der Waals surface area contributed by atoms with E-state index >= 15 is 0 Å². The molecule has 0 saturated carbocycles. The van der Waals surface area contributed by atoms with E-state index in [9.17, 15) is 0 Å². The summed E-state index contributed by atoms with van der Waals surface area (Å²) in [4.78, 5) is 14.9. The first-order chi connectivity index (χ1) is 28.2. The summed E-state index contributed by atoms with van der Waals surface area (Å²) in [6.07, 6.45) is 0.926. The summed E-state index contributed by atoms with van der Waals surface area (Å²) in [6.45, 7) is 0. The number of hydrogen-bond acceptors (Lipinski definition) is 4. The zero-order valence-electron chi connectivity index (χ0n) is 30.7. The zero-order chi connectivity index (χ0) is 37.5. The van der Waals surface area contributed by atoms with Crippen LogP contribution in [0.1, 0.15) is 11.1 Å². The standard InChI is InChI=1S/C52H32N4O/c1-4-13-32(14-5-1)50-53-51(33-15-6-2-7-16-33)55-52(54-50)38-19-12-18-34(29-38)35-24-27-44-43(31-35)47-45(56(44)39-20-8-3-9-21-39)28-26-42-41-25-23-37-30-36-17-10-11-22-40(36)46(37)48(41)57-49(42)47/h1-29,31H,30H2. The van der Waals surface area contributed by atoms with E-state index in [1.54, 1.807) is 0 Å². The molecule has 0 N–H and O–H groups in total. The van der Waals surface area contributed by atoms with Crippen molar-refractivity contribution >= 4 is 43.7 Å². The molecule has 5 nitrogen and oxygen atoms in total. The zero-order valence-corrected chi connectivity index (χ0v) is 30.7. The van der Waals surface area contributed by atoms with Gasteiger partial charge in [0.05, 0.1) is 16.4 Å². The average Bonchev–Trinajstić information content (AvgIpc) is 3.96. The Morgan fingerprint density at radius 1 is 0.404 bits per heavy atom. The normalized spacial score (nSPS) is 12.1. The van der Waals surface area contributed by atoms with E-state index in [1.165, 1.54) is 22.3 Å². The monoisotopic (exact) mass is 728 g/mol. The van der Waals surface area contributed by atoms with Crippen molar-refractivity contribution < 1.29 is 4.42 Å². The van der Waals surface area contributed by atoms with Crippen LogP contribution in [0, 0.1) is 0 Å². The third-order valence-electron chi connectivity index (χ3n) is 11.5. The van der Waals surface area contributed by atoms with E-state index in [-0.39, 0.29) is 0 Å². The average molecular weight is 729 g/mol. The summed E-state index contributed by atoms with van der Waals surface area (Å²) in [5, 5.41) is 4.52. The van der Waals surface area contributed by atoms with Crippen LogP contribution in [-0.4, -0.2) is 19.5 Å². The van der Waals surface area contributed by atoms with Crippen LogP contribution in [-0.2, 0) is 6.42 Å². The number of hydrogen-bond donors (Lipinski definition) is 0. The molecule has 57 heavy (non-hydrogen) atoms. The number of aromatic nitrogens is 4. The second-order valence-electron chi connectivity index (χ2n) is 14.8. The van der Waals surface area contributed by atoms with E-state index in [0.29, 0.717) is 17.5 Å². The van der Waals surface area contributed by atoms with Crippen molar-refractivity contribution in [1.29, 1.82) is 0 Å². The SMILES string of the molecule is c1ccc(-c2nc(-c3ccccc3)nc(-c3cccc(-c4ccc5c(c4)c4c6oc7c8c(ccc7c6ccc4n5-c4ccccc4)Cc4ccccc4-8)c3)n2)cc1. The minimum Gasteiger partial charge on any atom is -0.455 e. The van der Waals surface area contributed by atoms with Crippen molar-refractivity contribution in [1.82, 2.24) is 19.5 Å². The molecule has 0 spiro atoms. The third-order valence-corrected chi connectivity index (χ3v) is 11.5. The Morgan fingerprint density at radius 3 is 1.74 bits per heavy atom. The molecule has 8 aromatic carbocycles. The molecule has 0 unspecified atom stereocenters. The Kier molecular flexibility index (Phi) is 6.92. The molecule has 5 heteroatoms. The Morgan fingerprint density at radius 2 is 0.982 bits per heavy atom. The molecule has 0 saturated heterocycles. The molecule has 0 aliphatic heterocycles. The Hall–Kier alpha value is -7.63. The predicted octanol–water partition coefficient (Wildman–Crippen LogP) is 13.1. The first kappa shape index (κ1) is 31.7. The van der Waals surface area contributed by atoms with Crippen LogP contribution in [0.2, 0.25) is 0 Å². The highest BCUT2D eigenvalue weighted by atomic mass is 16.3. The summed E-state index contributed by atoms with van der Waals surface area (Å²) in [7, 11) is 0. The Balaban J connectivity index is 1.07. The second-order valence-corrected chi connectivity index (χ2v) is 14.8. The number of benzene rings is 8. The van der Waals surface area contributed by atoms with Crippen molar-refractivity contribution in [2.45, 2.75) is 6.42 Å². The van der Waals surface area contributed by atoms with Gasteiger partial charge in [-0.2, -0.15) is 0 Å². The van der Waals surface area contributed by atoms with E-state index in [2.05, 4.69) is 126 Å². The molecule has 266 valence electrons. The first-order valence-electron chi connectivity index (χ1n) is 19.3. The lowest BCUT2D eigenvalue weighted by Crippen LogP contribution is -2.00. The van der Waals surface area contributed by atoms with Gasteiger partial charge in [0.15, 0.2) is 17.5 Å². The van der Waals surface area contributed by atoms with Gasteiger partial charge in [-0.1, -0.05) is 140 Å². The summed E-state index contributed by atoms with van der Waals surface area (Å²) >= 11 is 0. The highest BCUT2D eigenvalue weighted by Gasteiger charge is 2.26. The van der Waals surface area contributed by atoms with Gasteiger partial charge in [-0.05, 0) is 76.7 Å². The number of rotatable bonds is 5. The van der Waals surface area contributed by atoms with Gasteiger partial charge >= 0.3 is 0 Å². The lowest BCUT2D eigenvalue weighted by atomic mass is 9.99. The van der Waals surface area contributed by atoms with Crippen LogP contribution in [0.25, 0.3) is 106 Å². The maximum absolute atomic E-state index is 7.10. The molecule has 0 amide bonds. The van der Waals surface area contributed by atoms with E-state index in [4.69, 9.17) is 19.4 Å². The van der Waals surface area contributed by atoms with Crippen LogP contribution in [0.15, 0.2) is 186 Å². The van der Waals surface area contributed by atoms with Gasteiger partial charge in [-0.15, -0.1) is 0 Å². The quantitative estimate of drug-likeness (QED) is 0.177. The molecule has 0 bridgehead atoms. The summed E-state index contributed by atoms with van der Waals surface area (Å²) in [5.74, 6) is 1.91. The fraction of sp³-hybridized carbons (Fsp3) is 0.0192. The van der Waals surface area contributed by atoms with Gasteiger partial charge in [-0.25, -0.2) is 15.0 Å². The lowest BCUT2D eigenvalue weighted by molar-refractivity contribution is 0.674. The van der Waals surface area contributed by atoms with Crippen molar-refractivity contribution in [3.05, 3.63) is 193 Å². The van der Waals surface area contributed by atoms with Gasteiger partial charge < -0.3 is 8.98 Å². The van der Waals surface area contributed by atoms with Crippen molar-refractivity contribution in [3.63, 3.8) is 0 Å². The van der Waals surface area contributed by atoms with Gasteiger partial charge in [-0.3, -0.25) is 0 Å². The predicted molar refractivity (Wildman–Crippen MR) is 231 cm³/mol. The summed E-state index contributed by atoms with van der Waals surface area (Å²) < 4.78 is 9.46. The van der Waals surface area contributed by atoms with Gasteiger partial charge in [0.1, 0.15) is 11.2 Å². The summed E-state index contributed by atoms with van der Waals surface area (Å²) in [5.41, 5.74) is 15.4. The summed E-state index contributed by atoms with van der Waals surface area (Å²) in [6, 6.07) is 63.9. The number of para-hydroxylation sites is 1. The molecule has 11 aromatic rings. The van der Waals surface area contributed by atoms with Gasteiger partial charge in [0, 0.05) is 44.1 Å². The van der Waals surface area contributed by atoms with Crippen LogP contribution in [0.4, 0.5) is 0 Å². The van der Waals surface area contributed by atoms with Gasteiger partial charge in [0.25, 0.3) is 0 Å². The maximum atomic E-state index is 7.10. The molecule has 3 heterocycles. The molecular formula is C52H32N4O. The Bertz CT molecular complexity index is 3310. The Labute approximate surface area is 328 Å². The van der Waals surface area contributed by atoms with Crippen LogP contribution < -0.4 is 0 Å². The van der Waals surface area contributed by atoms with E-state index in [1.807, 2.05) is 60.7 Å². The smallest absolute Gasteiger partial charge is 0.164 e. The number of fused-ring (bicyclic) bond motifs is 11. The maximum Gasteiger partial charge on any atom is 0.164 e. The van der Waals surface area contributed by atoms with Crippen LogP contribution >= 0.6 is 0 Å². The highest BCUT2D eigenvalue weighted by Crippen LogP contribution is 2.47. The minimum absolute atomic E-state index is 0.629. The molecule has 0 fully saturated rings. The fourth-order valence-electron chi connectivity index (χ4n) is 8.82. The molecule has 12 rings (SSSR count). The lowest BCUT2D eigenvalue weighted by Gasteiger charge is -2.10. The largest absolute Gasteiger partial charge is 0.455 e.